The van der Waals surface area contributed by atoms with Crippen LogP contribution in [-0.2, 0) is 4.79 Å². The number of piperazine rings is 1. The van der Waals surface area contributed by atoms with Crippen LogP contribution in [-0.4, -0.2) is 48.5 Å². The summed E-state index contributed by atoms with van der Waals surface area (Å²) in [4.78, 5) is 26.6. The van der Waals surface area contributed by atoms with Crippen molar-refractivity contribution in [2.24, 2.45) is 0 Å². The fraction of sp³-hybridized carbons (Fsp3) is 0.286. The summed E-state index contributed by atoms with van der Waals surface area (Å²) >= 11 is 0. The van der Waals surface area contributed by atoms with Gasteiger partial charge in [0.25, 0.3) is 5.69 Å². The normalized spacial score (nSPS) is 14.9. The van der Waals surface area contributed by atoms with Crippen molar-refractivity contribution >= 4 is 29.0 Å². The van der Waals surface area contributed by atoms with Crippen molar-refractivity contribution < 1.29 is 14.1 Å². The number of rotatable bonds is 6. The lowest BCUT2D eigenvalue weighted by atomic mass is 10.2. The summed E-state index contributed by atoms with van der Waals surface area (Å²) in [7, 11) is 0. The number of hydrogen-bond acceptors (Lipinski definition) is 5. The second-order valence-electron chi connectivity index (χ2n) is 6.76. The highest BCUT2D eigenvalue weighted by Crippen LogP contribution is 2.24. The smallest absolute Gasteiger partial charge is 0.269 e. The topological polar surface area (TPSA) is 78.7 Å². The summed E-state index contributed by atoms with van der Waals surface area (Å²) in [6, 6.07) is 10.5. The molecule has 0 aliphatic carbocycles. The summed E-state index contributed by atoms with van der Waals surface area (Å²) < 4.78 is 14.5. The van der Waals surface area contributed by atoms with Crippen molar-refractivity contribution in [3.05, 3.63) is 70.0 Å². The lowest BCUT2D eigenvalue weighted by molar-refractivity contribution is -0.384. The molecule has 0 aromatic heterocycles. The first kappa shape index (κ1) is 20.5. The fourth-order valence-electron chi connectivity index (χ4n) is 3.21. The molecule has 8 heteroatoms. The van der Waals surface area contributed by atoms with Gasteiger partial charge < -0.3 is 15.1 Å². The first-order valence-corrected chi connectivity index (χ1v) is 9.46. The van der Waals surface area contributed by atoms with Crippen molar-refractivity contribution in [1.29, 1.82) is 0 Å². The Hall–Kier alpha value is -3.26. The molecule has 1 fully saturated rings. The largest absolute Gasteiger partial charge is 0.367 e. The quantitative estimate of drug-likeness (QED) is 0.458. The molecular formula is C21H23FN4O3. The van der Waals surface area contributed by atoms with E-state index in [4.69, 9.17) is 0 Å². The third kappa shape index (κ3) is 5.39. The van der Waals surface area contributed by atoms with Crippen molar-refractivity contribution in [2.45, 2.75) is 6.92 Å². The maximum Gasteiger partial charge on any atom is 0.269 e. The molecule has 0 bridgehead atoms. The molecule has 7 nitrogen and oxygen atoms in total. The number of nitro benzene ring substituents is 1. The van der Waals surface area contributed by atoms with Gasteiger partial charge in [0, 0.05) is 50.1 Å². The van der Waals surface area contributed by atoms with Crippen LogP contribution in [0, 0.1) is 15.9 Å². The Morgan fingerprint density at radius 1 is 1.17 bits per heavy atom. The monoisotopic (exact) mass is 398 g/mol. The van der Waals surface area contributed by atoms with E-state index in [0.29, 0.717) is 16.9 Å². The van der Waals surface area contributed by atoms with Gasteiger partial charge in [0.15, 0.2) is 0 Å². The van der Waals surface area contributed by atoms with E-state index < -0.39 is 10.8 Å². The van der Waals surface area contributed by atoms with Crippen molar-refractivity contribution in [1.82, 2.24) is 4.90 Å². The van der Waals surface area contributed by atoms with Gasteiger partial charge in [-0.25, -0.2) is 4.39 Å². The molecule has 1 saturated heterocycles. The molecule has 0 radical (unpaired) electrons. The van der Waals surface area contributed by atoms with Gasteiger partial charge in [-0.1, -0.05) is 6.92 Å². The van der Waals surface area contributed by atoms with Crippen molar-refractivity contribution in [3.8, 4) is 0 Å². The van der Waals surface area contributed by atoms with E-state index in [2.05, 4.69) is 17.1 Å². The fourth-order valence-corrected chi connectivity index (χ4v) is 3.21. The molecule has 0 saturated carbocycles. The van der Waals surface area contributed by atoms with Crippen LogP contribution in [0.5, 0.6) is 0 Å². The van der Waals surface area contributed by atoms with Crippen molar-refractivity contribution in [2.75, 3.05) is 42.9 Å². The average molecular weight is 398 g/mol. The maximum atomic E-state index is 14.5. The van der Waals surface area contributed by atoms with Gasteiger partial charge in [0.2, 0.25) is 5.91 Å². The number of non-ortho nitro benzene ring substituents is 1. The predicted molar refractivity (Wildman–Crippen MR) is 111 cm³/mol. The Morgan fingerprint density at radius 2 is 1.86 bits per heavy atom. The van der Waals surface area contributed by atoms with E-state index >= 15 is 0 Å². The molecule has 2 aromatic rings. The molecule has 0 unspecified atom stereocenters. The standard InChI is InChI=1S/C21H23FN4O3/c1-2-24-11-13-25(14-12-24)20-9-6-17(15-19(20)22)23-21(27)10-5-16-3-7-18(8-4-16)26(28)29/h3-10,15H,2,11-14H2,1H3,(H,23,27)/b10-5+. The maximum absolute atomic E-state index is 14.5. The molecule has 152 valence electrons. The molecule has 29 heavy (non-hydrogen) atoms. The van der Waals surface area contributed by atoms with Gasteiger partial charge in [-0.2, -0.15) is 0 Å². The van der Waals surface area contributed by atoms with Gasteiger partial charge in [-0.05, 0) is 48.5 Å². The van der Waals surface area contributed by atoms with Crippen LogP contribution in [0.15, 0.2) is 48.5 Å². The number of nitrogens with one attached hydrogen (secondary N) is 1. The molecule has 1 aliphatic heterocycles. The van der Waals surface area contributed by atoms with Crippen molar-refractivity contribution in [3.63, 3.8) is 0 Å². The zero-order valence-electron chi connectivity index (χ0n) is 16.2. The van der Waals surface area contributed by atoms with E-state index in [1.54, 1.807) is 24.3 Å². The van der Waals surface area contributed by atoms with E-state index in [-0.39, 0.29) is 11.5 Å². The highest BCUT2D eigenvalue weighted by atomic mass is 19.1. The lowest BCUT2D eigenvalue weighted by Gasteiger charge is -2.35. The summed E-state index contributed by atoms with van der Waals surface area (Å²) in [5, 5.41) is 13.3. The van der Waals surface area contributed by atoms with Crippen LogP contribution in [0.25, 0.3) is 6.08 Å². The summed E-state index contributed by atoms with van der Waals surface area (Å²) in [6.07, 6.45) is 2.84. The number of likely N-dealkylation sites (N-methyl/N-ethyl adjacent to an activating group) is 1. The molecule has 1 aliphatic rings. The number of hydrogen-bond donors (Lipinski definition) is 1. The minimum atomic E-state index is -0.484. The zero-order chi connectivity index (χ0) is 20.8. The first-order chi connectivity index (χ1) is 14.0. The number of halogens is 1. The van der Waals surface area contributed by atoms with Crippen LogP contribution in [0.4, 0.5) is 21.5 Å². The molecule has 0 spiro atoms. The van der Waals surface area contributed by atoms with Gasteiger partial charge in [-0.15, -0.1) is 0 Å². The molecule has 0 atom stereocenters. The lowest BCUT2D eigenvalue weighted by Crippen LogP contribution is -2.46. The molecule has 1 amide bonds. The highest BCUT2D eigenvalue weighted by molar-refractivity contribution is 6.02. The van der Waals surface area contributed by atoms with Gasteiger partial charge in [-0.3, -0.25) is 14.9 Å². The number of carbonyl (C=O) groups is 1. The number of benzene rings is 2. The Morgan fingerprint density at radius 3 is 2.45 bits per heavy atom. The van der Waals surface area contributed by atoms with E-state index in [1.807, 2.05) is 4.90 Å². The Balaban J connectivity index is 1.59. The number of amides is 1. The molecular weight excluding hydrogens is 375 g/mol. The second-order valence-corrected chi connectivity index (χ2v) is 6.76. The number of anilines is 2. The third-order valence-electron chi connectivity index (χ3n) is 4.91. The minimum absolute atomic E-state index is 0.0155. The number of nitro groups is 1. The van der Waals surface area contributed by atoms with Crippen LogP contribution in [0.3, 0.4) is 0 Å². The first-order valence-electron chi connectivity index (χ1n) is 9.46. The Labute approximate surface area is 168 Å². The van der Waals surface area contributed by atoms with Crippen LogP contribution in [0.1, 0.15) is 12.5 Å². The average Bonchev–Trinajstić information content (AvgIpc) is 2.73. The molecule has 1 heterocycles. The number of nitrogens with zero attached hydrogens (tertiary/aromatic N) is 3. The molecule has 3 rings (SSSR count). The Kier molecular flexibility index (Phi) is 6.56. The van der Waals surface area contributed by atoms with Gasteiger partial charge in [0.1, 0.15) is 5.82 Å². The van der Waals surface area contributed by atoms with Gasteiger partial charge in [0.05, 0.1) is 10.6 Å². The molecule has 1 N–H and O–H groups in total. The van der Waals surface area contributed by atoms with E-state index in [1.165, 1.54) is 30.4 Å². The molecule has 2 aromatic carbocycles. The predicted octanol–water partition coefficient (Wildman–Crippen LogP) is 3.53. The minimum Gasteiger partial charge on any atom is -0.367 e. The summed E-state index contributed by atoms with van der Waals surface area (Å²) in [5.74, 6) is -0.779. The van der Waals surface area contributed by atoms with Crippen LogP contribution >= 0.6 is 0 Å². The van der Waals surface area contributed by atoms with Crippen LogP contribution < -0.4 is 10.2 Å². The highest BCUT2D eigenvalue weighted by Gasteiger charge is 2.18. The summed E-state index contributed by atoms with van der Waals surface area (Å²) in [6.45, 7) is 6.46. The van der Waals surface area contributed by atoms with E-state index in [0.717, 1.165) is 32.7 Å². The summed E-state index contributed by atoms with van der Waals surface area (Å²) in [5.41, 5.74) is 1.55. The van der Waals surface area contributed by atoms with Crippen LogP contribution in [0.2, 0.25) is 0 Å². The zero-order valence-corrected chi connectivity index (χ0v) is 16.2. The van der Waals surface area contributed by atoms with Gasteiger partial charge >= 0.3 is 0 Å². The van der Waals surface area contributed by atoms with E-state index in [9.17, 15) is 19.3 Å². The number of carbonyl (C=O) groups excluding carboxylic acids is 1. The third-order valence-corrected chi connectivity index (χ3v) is 4.91. The second kappa shape index (κ2) is 9.29. The Bertz CT molecular complexity index is 907. The SMILES string of the molecule is CCN1CCN(c2ccc(NC(=O)/C=C/c3ccc([N+](=O)[O-])cc3)cc2F)CC1.